The third-order valence-corrected chi connectivity index (χ3v) is 5.33. The van der Waals surface area contributed by atoms with Crippen LogP contribution in [0, 0.1) is 5.82 Å². The second-order valence-corrected chi connectivity index (χ2v) is 6.85. The predicted octanol–water partition coefficient (Wildman–Crippen LogP) is 5.50. The molecule has 0 saturated carbocycles. The lowest BCUT2D eigenvalue weighted by Gasteiger charge is -2.19. The van der Waals surface area contributed by atoms with E-state index >= 15 is 0 Å². The Morgan fingerprint density at radius 3 is 2.63 bits per heavy atom. The number of hydrogen-bond donors (Lipinski definition) is 1. The largest absolute Gasteiger partial charge is 0.306 e. The molecule has 2 aromatic rings. The minimum Gasteiger partial charge on any atom is -0.306 e. The van der Waals surface area contributed by atoms with Gasteiger partial charge in [0, 0.05) is 9.35 Å². The highest BCUT2D eigenvalue weighted by molar-refractivity contribution is 9.10. The molecule has 19 heavy (non-hydrogen) atoms. The van der Waals surface area contributed by atoms with E-state index in [2.05, 4.69) is 49.5 Å². The van der Waals surface area contributed by atoms with Crippen LogP contribution in [-0.2, 0) is 0 Å². The number of benzene rings is 1. The Bertz CT molecular complexity index is 556. The molecule has 102 valence electrons. The SMILES string of the molecule is CCCNC(c1ccc(F)c(Br)c1)c1sccc1Br. The van der Waals surface area contributed by atoms with Crippen molar-refractivity contribution in [1.29, 1.82) is 0 Å². The monoisotopic (exact) mass is 405 g/mol. The quantitative estimate of drug-likeness (QED) is 0.690. The topological polar surface area (TPSA) is 12.0 Å². The van der Waals surface area contributed by atoms with E-state index < -0.39 is 0 Å². The van der Waals surface area contributed by atoms with Gasteiger partial charge in [-0.3, -0.25) is 0 Å². The molecule has 1 atom stereocenters. The van der Waals surface area contributed by atoms with Gasteiger partial charge in [-0.2, -0.15) is 0 Å². The molecule has 2 rings (SSSR count). The maximum absolute atomic E-state index is 13.4. The van der Waals surface area contributed by atoms with Crippen LogP contribution in [0.4, 0.5) is 4.39 Å². The first-order chi connectivity index (χ1) is 9.13. The summed E-state index contributed by atoms with van der Waals surface area (Å²) in [6.45, 7) is 3.05. The Labute approximate surface area is 133 Å². The lowest BCUT2D eigenvalue weighted by Crippen LogP contribution is -2.22. The molecule has 0 aliphatic carbocycles. The molecule has 1 aromatic heterocycles. The van der Waals surface area contributed by atoms with Crippen LogP contribution >= 0.6 is 43.2 Å². The highest BCUT2D eigenvalue weighted by atomic mass is 79.9. The number of rotatable bonds is 5. The van der Waals surface area contributed by atoms with Crippen LogP contribution in [0.15, 0.2) is 38.6 Å². The van der Waals surface area contributed by atoms with Crippen molar-refractivity contribution in [3.05, 3.63) is 54.8 Å². The van der Waals surface area contributed by atoms with Crippen LogP contribution in [0.3, 0.4) is 0 Å². The van der Waals surface area contributed by atoms with E-state index in [9.17, 15) is 4.39 Å². The van der Waals surface area contributed by atoms with E-state index in [4.69, 9.17) is 0 Å². The molecule has 0 fully saturated rings. The molecule has 1 nitrogen and oxygen atoms in total. The van der Waals surface area contributed by atoms with Crippen molar-refractivity contribution in [3.63, 3.8) is 0 Å². The maximum atomic E-state index is 13.4. The summed E-state index contributed by atoms with van der Waals surface area (Å²) in [4.78, 5) is 1.21. The van der Waals surface area contributed by atoms with Gasteiger partial charge in [0.1, 0.15) is 5.82 Å². The normalized spacial score (nSPS) is 12.6. The molecule has 1 N–H and O–H groups in total. The van der Waals surface area contributed by atoms with E-state index in [0.29, 0.717) is 4.47 Å². The molecule has 0 aliphatic rings. The Balaban J connectivity index is 2.37. The molecule has 0 radical (unpaired) electrons. The van der Waals surface area contributed by atoms with Crippen LogP contribution in [0.5, 0.6) is 0 Å². The number of nitrogens with one attached hydrogen (secondary N) is 1. The van der Waals surface area contributed by atoms with Crippen LogP contribution in [-0.4, -0.2) is 6.54 Å². The third-order valence-electron chi connectivity index (χ3n) is 2.78. The second kappa shape index (κ2) is 6.97. The van der Waals surface area contributed by atoms with Crippen molar-refractivity contribution in [3.8, 4) is 0 Å². The smallest absolute Gasteiger partial charge is 0.137 e. The number of thiophene rings is 1. The van der Waals surface area contributed by atoms with Gasteiger partial charge in [0.2, 0.25) is 0 Å². The zero-order valence-electron chi connectivity index (χ0n) is 10.4. The summed E-state index contributed by atoms with van der Waals surface area (Å²) in [5, 5.41) is 5.57. The highest BCUT2D eigenvalue weighted by Gasteiger charge is 2.18. The molecule has 1 unspecified atom stereocenters. The maximum Gasteiger partial charge on any atom is 0.137 e. The van der Waals surface area contributed by atoms with Crippen molar-refractivity contribution in [2.45, 2.75) is 19.4 Å². The third kappa shape index (κ3) is 3.66. The van der Waals surface area contributed by atoms with Gasteiger partial charge in [0.25, 0.3) is 0 Å². The summed E-state index contributed by atoms with van der Waals surface area (Å²) >= 11 is 8.52. The fraction of sp³-hybridized carbons (Fsp3) is 0.286. The number of hydrogen-bond acceptors (Lipinski definition) is 2. The standard InChI is InChI=1S/C14H14Br2FNS/c1-2-6-18-13(14-10(15)5-7-19-14)9-3-4-12(17)11(16)8-9/h3-5,7-8,13,18H,2,6H2,1H3. The summed E-state index contributed by atoms with van der Waals surface area (Å²) in [6.07, 6.45) is 1.06. The molecule has 1 heterocycles. The van der Waals surface area contributed by atoms with E-state index in [1.54, 1.807) is 11.3 Å². The van der Waals surface area contributed by atoms with Crippen molar-refractivity contribution in [2.24, 2.45) is 0 Å². The lowest BCUT2D eigenvalue weighted by molar-refractivity contribution is 0.595. The van der Waals surface area contributed by atoms with Gasteiger partial charge in [-0.1, -0.05) is 13.0 Å². The summed E-state index contributed by atoms with van der Waals surface area (Å²) in [7, 11) is 0. The first kappa shape index (κ1) is 15.2. The van der Waals surface area contributed by atoms with E-state index in [0.717, 1.165) is 23.0 Å². The van der Waals surface area contributed by atoms with E-state index in [-0.39, 0.29) is 11.9 Å². The molecule has 0 spiro atoms. The average molecular weight is 407 g/mol. The van der Waals surface area contributed by atoms with Gasteiger partial charge in [-0.05, 0) is 74.0 Å². The van der Waals surface area contributed by atoms with Gasteiger partial charge in [0.05, 0.1) is 10.5 Å². The molecular formula is C14H14Br2FNS. The van der Waals surface area contributed by atoms with Crippen LogP contribution in [0.25, 0.3) is 0 Å². The molecule has 0 aliphatic heterocycles. The van der Waals surface area contributed by atoms with Crippen molar-refractivity contribution >= 4 is 43.2 Å². The fourth-order valence-corrected chi connectivity index (χ4v) is 3.95. The number of halogens is 3. The van der Waals surface area contributed by atoms with E-state index in [1.165, 1.54) is 10.9 Å². The van der Waals surface area contributed by atoms with Crippen LogP contribution < -0.4 is 5.32 Å². The van der Waals surface area contributed by atoms with Crippen LogP contribution in [0.2, 0.25) is 0 Å². The lowest BCUT2D eigenvalue weighted by atomic mass is 10.1. The Morgan fingerprint density at radius 1 is 1.26 bits per heavy atom. The van der Waals surface area contributed by atoms with Crippen molar-refractivity contribution < 1.29 is 4.39 Å². The summed E-state index contributed by atoms with van der Waals surface area (Å²) in [6, 6.07) is 7.31. The fourth-order valence-electron chi connectivity index (χ4n) is 1.85. The molecule has 5 heteroatoms. The summed E-state index contributed by atoms with van der Waals surface area (Å²) < 4.78 is 15.0. The Morgan fingerprint density at radius 2 is 2.05 bits per heavy atom. The molecular weight excluding hydrogens is 393 g/mol. The second-order valence-electron chi connectivity index (χ2n) is 4.19. The Kier molecular flexibility index (Phi) is 5.57. The minimum atomic E-state index is -0.233. The summed E-state index contributed by atoms with van der Waals surface area (Å²) in [5.41, 5.74) is 1.06. The van der Waals surface area contributed by atoms with Gasteiger partial charge >= 0.3 is 0 Å². The van der Waals surface area contributed by atoms with Gasteiger partial charge in [-0.15, -0.1) is 11.3 Å². The van der Waals surface area contributed by atoms with Crippen molar-refractivity contribution in [2.75, 3.05) is 6.54 Å². The first-order valence-electron chi connectivity index (χ1n) is 6.04. The predicted molar refractivity (Wildman–Crippen MR) is 86.3 cm³/mol. The zero-order valence-corrected chi connectivity index (χ0v) is 14.4. The van der Waals surface area contributed by atoms with E-state index in [1.807, 2.05) is 18.2 Å². The minimum absolute atomic E-state index is 0.0891. The molecule has 1 aromatic carbocycles. The Hall–Kier alpha value is -0.230. The first-order valence-corrected chi connectivity index (χ1v) is 8.51. The van der Waals surface area contributed by atoms with Crippen LogP contribution in [0.1, 0.15) is 29.8 Å². The highest BCUT2D eigenvalue weighted by Crippen LogP contribution is 2.34. The molecule has 0 amide bonds. The van der Waals surface area contributed by atoms with Gasteiger partial charge in [-0.25, -0.2) is 4.39 Å². The van der Waals surface area contributed by atoms with Gasteiger partial charge < -0.3 is 5.32 Å². The average Bonchev–Trinajstić information content (AvgIpc) is 2.80. The molecule has 0 saturated heterocycles. The summed E-state index contributed by atoms with van der Waals surface area (Å²) in [5.74, 6) is -0.233. The zero-order chi connectivity index (χ0) is 13.8. The van der Waals surface area contributed by atoms with Gasteiger partial charge in [0.15, 0.2) is 0 Å². The van der Waals surface area contributed by atoms with Crippen molar-refractivity contribution in [1.82, 2.24) is 5.32 Å². The molecule has 0 bridgehead atoms.